The number of halogens is 2. The van der Waals surface area contributed by atoms with E-state index in [9.17, 15) is 9.90 Å². The number of aliphatic hydroxyl groups is 1. The molecule has 2 heterocycles. The zero-order valence-electron chi connectivity index (χ0n) is 10.1. The van der Waals surface area contributed by atoms with E-state index in [0.29, 0.717) is 33.7 Å². The zero-order valence-corrected chi connectivity index (χ0v) is 12.4. The molecule has 1 aliphatic heterocycles. The van der Waals surface area contributed by atoms with Crippen LogP contribution in [-0.4, -0.2) is 34.6 Å². The second-order valence-corrected chi connectivity index (χ2v) is 7.17. The highest BCUT2D eigenvalue weighted by molar-refractivity contribution is 7.20. The molecule has 1 aliphatic rings. The summed E-state index contributed by atoms with van der Waals surface area (Å²) in [6.07, 6.45) is 2.11. The van der Waals surface area contributed by atoms with Gasteiger partial charge in [-0.2, -0.15) is 0 Å². The third-order valence-electron chi connectivity index (χ3n) is 3.24. The molecule has 1 atom stereocenters. The Balaban J connectivity index is 2.12. The van der Waals surface area contributed by atoms with Crippen molar-refractivity contribution in [2.75, 3.05) is 13.1 Å². The highest BCUT2D eigenvalue weighted by atomic mass is 35.5. The standard InChI is InChI=1S/C12H15Cl2NO2S/c1-12(17)3-2-5-15(6-4-12)11(16)8-7-9(13)18-10(8)14/h7,17H,2-6H2,1H3. The van der Waals surface area contributed by atoms with Crippen LogP contribution in [-0.2, 0) is 0 Å². The molecule has 1 aromatic heterocycles. The Hall–Kier alpha value is -0.290. The molecule has 0 saturated carbocycles. The van der Waals surface area contributed by atoms with Crippen LogP contribution in [0.25, 0.3) is 0 Å². The van der Waals surface area contributed by atoms with Crippen molar-refractivity contribution in [3.8, 4) is 0 Å². The van der Waals surface area contributed by atoms with Crippen molar-refractivity contribution in [3.63, 3.8) is 0 Å². The largest absolute Gasteiger partial charge is 0.390 e. The average molecular weight is 308 g/mol. The number of nitrogens with zero attached hydrogens (tertiary/aromatic N) is 1. The summed E-state index contributed by atoms with van der Waals surface area (Å²) in [5, 5.41) is 10.0. The van der Waals surface area contributed by atoms with E-state index < -0.39 is 5.60 Å². The molecule has 3 nitrogen and oxygen atoms in total. The van der Waals surface area contributed by atoms with Gasteiger partial charge in [-0.1, -0.05) is 23.2 Å². The van der Waals surface area contributed by atoms with E-state index in [-0.39, 0.29) is 5.91 Å². The minimum Gasteiger partial charge on any atom is -0.390 e. The second kappa shape index (κ2) is 5.37. The quantitative estimate of drug-likeness (QED) is 0.863. The number of hydrogen-bond acceptors (Lipinski definition) is 3. The first-order valence-corrected chi connectivity index (χ1v) is 7.43. The summed E-state index contributed by atoms with van der Waals surface area (Å²) < 4.78 is 0.950. The Kier molecular flexibility index (Phi) is 4.22. The molecule has 0 bridgehead atoms. The van der Waals surface area contributed by atoms with Gasteiger partial charge in [0, 0.05) is 13.1 Å². The van der Waals surface area contributed by atoms with Crippen LogP contribution in [0.4, 0.5) is 0 Å². The SMILES string of the molecule is CC1(O)CCCN(C(=O)c2cc(Cl)sc2Cl)CC1. The molecule has 100 valence electrons. The number of rotatable bonds is 1. The molecule has 1 fully saturated rings. The van der Waals surface area contributed by atoms with Crippen LogP contribution < -0.4 is 0 Å². The molecule has 1 aromatic rings. The summed E-state index contributed by atoms with van der Waals surface area (Å²) in [6, 6.07) is 1.61. The third-order valence-corrected chi connectivity index (χ3v) is 4.73. The molecule has 0 radical (unpaired) electrons. The lowest BCUT2D eigenvalue weighted by Crippen LogP contribution is -2.33. The number of hydrogen-bond donors (Lipinski definition) is 1. The topological polar surface area (TPSA) is 40.5 Å². The van der Waals surface area contributed by atoms with Crippen molar-refractivity contribution in [2.24, 2.45) is 0 Å². The Labute approximate surface area is 120 Å². The van der Waals surface area contributed by atoms with Crippen molar-refractivity contribution < 1.29 is 9.90 Å². The maximum Gasteiger partial charge on any atom is 0.256 e. The van der Waals surface area contributed by atoms with E-state index in [1.54, 1.807) is 11.0 Å². The van der Waals surface area contributed by atoms with E-state index in [2.05, 4.69) is 0 Å². The van der Waals surface area contributed by atoms with Crippen molar-refractivity contribution in [2.45, 2.75) is 31.8 Å². The van der Waals surface area contributed by atoms with Gasteiger partial charge >= 0.3 is 0 Å². The normalized spacial score (nSPS) is 25.0. The van der Waals surface area contributed by atoms with Crippen LogP contribution in [0.15, 0.2) is 6.07 Å². The fraction of sp³-hybridized carbons (Fsp3) is 0.583. The van der Waals surface area contributed by atoms with Crippen molar-refractivity contribution in [3.05, 3.63) is 20.3 Å². The van der Waals surface area contributed by atoms with Crippen LogP contribution in [0.3, 0.4) is 0 Å². The van der Waals surface area contributed by atoms with E-state index in [4.69, 9.17) is 23.2 Å². The van der Waals surface area contributed by atoms with Gasteiger partial charge in [0.2, 0.25) is 0 Å². The minimum atomic E-state index is -0.675. The van der Waals surface area contributed by atoms with Gasteiger partial charge in [-0.3, -0.25) is 4.79 Å². The van der Waals surface area contributed by atoms with Gasteiger partial charge in [0.25, 0.3) is 5.91 Å². The monoisotopic (exact) mass is 307 g/mol. The highest BCUT2D eigenvalue weighted by Crippen LogP contribution is 2.32. The predicted molar refractivity (Wildman–Crippen MR) is 74.7 cm³/mol. The Morgan fingerprint density at radius 2 is 2.17 bits per heavy atom. The van der Waals surface area contributed by atoms with Crippen LogP contribution in [0, 0.1) is 0 Å². The van der Waals surface area contributed by atoms with Gasteiger partial charge < -0.3 is 10.0 Å². The maximum atomic E-state index is 12.3. The van der Waals surface area contributed by atoms with Gasteiger partial charge in [-0.25, -0.2) is 0 Å². The molecule has 1 saturated heterocycles. The molecule has 1 N–H and O–H groups in total. The number of likely N-dealkylation sites (tertiary alicyclic amines) is 1. The lowest BCUT2D eigenvalue weighted by Gasteiger charge is -2.22. The molecular weight excluding hydrogens is 293 g/mol. The second-order valence-electron chi connectivity index (χ2n) is 4.88. The van der Waals surface area contributed by atoms with Crippen molar-refractivity contribution >= 4 is 40.4 Å². The first-order chi connectivity index (χ1) is 8.39. The molecule has 1 amide bonds. The van der Waals surface area contributed by atoms with Gasteiger partial charge in [0.1, 0.15) is 4.34 Å². The summed E-state index contributed by atoms with van der Waals surface area (Å²) in [6.45, 7) is 3.02. The maximum absolute atomic E-state index is 12.3. The first kappa shape index (κ1) is 14.1. The van der Waals surface area contributed by atoms with Crippen molar-refractivity contribution in [1.82, 2.24) is 4.90 Å². The van der Waals surface area contributed by atoms with Gasteiger partial charge in [0.15, 0.2) is 0 Å². The fourth-order valence-corrected chi connectivity index (χ4v) is 3.57. The van der Waals surface area contributed by atoms with E-state index >= 15 is 0 Å². The number of carbonyl (C=O) groups is 1. The van der Waals surface area contributed by atoms with E-state index in [1.807, 2.05) is 6.92 Å². The first-order valence-electron chi connectivity index (χ1n) is 5.85. The molecule has 0 spiro atoms. The molecule has 1 unspecified atom stereocenters. The summed E-state index contributed by atoms with van der Waals surface area (Å²) in [5.41, 5.74) is -0.210. The summed E-state index contributed by atoms with van der Waals surface area (Å²) in [5.74, 6) is -0.0964. The Bertz CT molecular complexity index is 459. The van der Waals surface area contributed by atoms with Gasteiger partial charge in [0.05, 0.1) is 15.5 Å². The Morgan fingerprint density at radius 1 is 1.44 bits per heavy atom. The van der Waals surface area contributed by atoms with Crippen LogP contribution in [0.5, 0.6) is 0 Å². The summed E-state index contributed by atoms with van der Waals surface area (Å²) in [7, 11) is 0. The number of carbonyl (C=O) groups excluding carboxylic acids is 1. The molecular formula is C12H15Cl2NO2S. The molecule has 0 aromatic carbocycles. The van der Waals surface area contributed by atoms with Gasteiger partial charge in [-0.05, 0) is 32.3 Å². The minimum absolute atomic E-state index is 0.0964. The molecule has 2 rings (SSSR count). The lowest BCUT2D eigenvalue weighted by atomic mass is 9.98. The van der Waals surface area contributed by atoms with Gasteiger partial charge in [-0.15, -0.1) is 11.3 Å². The fourth-order valence-electron chi connectivity index (χ4n) is 2.12. The van der Waals surface area contributed by atoms with Crippen molar-refractivity contribution in [1.29, 1.82) is 0 Å². The third kappa shape index (κ3) is 3.18. The number of thiophene rings is 1. The average Bonchev–Trinajstić information content (AvgIpc) is 2.50. The highest BCUT2D eigenvalue weighted by Gasteiger charge is 2.28. The summed E-state index contributed by atoms with van der Waals surface area (Å²) >= 11 is 13.0. The summed E-state index contributed by atoms with van der Waals surface area (Å²) in [4.78, 5) is 14.0. The van der Waals surface area contributed by atoms with Crippen LogP contribution >= 0.6 is 34.5 Å². The van der Waals surface area contributed by atoms with Crippen LogP contribution in [0.1, 0.15) is 36.5 Å². The predicted octanol–water partition coefficient (Wildman–Crippen LogP) is 3.43. The van der Waals surface area contributed by atoms with E-state index in [1.165, 1.54) is 11.3 Å². The van der Waals surface area contributed by atoms with E-state index in [0.717, 1.165) is 12.8 Å². The Morgan fingerprint density at radius 3 is 2.78 bits per heavy atom. The molecule has 6 heteroatoms. The van der Waals surface area contributed by atoms with Crippen LogP contribution in [0.2, 0.25) is 8.67 Å². The lowest BCUT2D eigenvalue weighted by molar-refractivity contribution is 0.0438. The zero-order chi connectivity index (χ0) is 13.3. The smallest absolute Gasteiger partial charge is 0.256 e. The molecule has 0 aliphatic carbocycles. The number of amides is 1. The molecule has 18 heavy (non-hydrogen) atoms.